The molecule has 2 rings (SSSR count). The Balaban J connectivity index is 2.81. The number of fused-ring (bicyclic) bond motifs is 1. The molecule has 15 heavy (non-hydrogen) atoms. The molecule has 0 aliphatic carbocycles. The Hall–Kier alpha value is -1.14. The van der Waals surface area contributed by atoms with Gasteiger partial charge in [-0.3, -0.25) is 4.79 Å². The van der Waals surface area contributed by atoms with E-state index in [1.165, 1.54) is 0 Å². The van der Waals surface area contributed by atoms with E-state index in [1.807, 2.05) is 7.05 Å². The zero-order chi connectivity index (χ0) is 11.0. The Labute approximate surface area is 94.4 Å². The zero-order valence-corrected chi connectivity index (χ0v) is 10.0. The second kappa shape index (κ2) is 3.79. The van der Waals surface area contributed by atoms with Gasteiger partial charge >= 0.3 is 0 Å². The maximum atomic E-state index is 11.7. The highest BCUT2D eigenvalue weighted by molar-refractivity contribution is 9.10. The van der Waals surface area contributed by atoms with Gasteiger partial charge in [-0.05, 0) is 29.9 Å². The highest BCUT2D eigenvalue weighted by Gasteiger charge is 2.13. The predicted octanol–water partition coefficient (Wildman–Crippen LogP) is 1.04. The van der Waals surface area contributed by atoms with Gasteiger partial charge < -0.3 is 15.3 Å². The molecule has 0 saturated carbocycles. The summed E-state index contributed by atoms with van der Waals surface area (Å²) in [6.07, 6.45) is 0. The predicted molar refractivity (Wildman–Crippen MR) is 61.9 cm³/mol. The topological polar surface area (TPSA) is 73.6 Å². The van der Waals surface area contributed by atoms with Gasteiger partial charge in [-0.15, -0.1) is 0 Å². The van der Waals surface area contributed by atoms with Crippen LogP contribution in [-0.4, -0.2) is 22.0 Å². The summed E-state index contributed by atoms with van der Waals surface area (Å²) in [4.78, 5) is 21.7. The Morgan fingerprint density at radius 3 is 2.87 bits per heavy atom. The van der Waals surface area contributed by atoms with Gasteiger partial charge in [0.05, 0.1) is 9.99 Å². The van der Waals surface area contributed by atoms with Crippen LogP contribution >= 0.6 is 15.9 Å². The Kier molecular flexibility index (Phi) is 2.62. The molecule has 3 N–H and O–H groups in total. The number of aryl methyl sites for hydroxylation is 1. The van der Waals surface area contributed by atoms with Crippen LogP contribution in [0.2, 0.25) is 0 Å². The van der Waals surface area contributed by atoms with Gasteiger partial charge in [0.15, 0.2) is 0 Å². The van der Waals surface area contributed by atoms with Gasteiger partial charge in [-0.2, -0.15) is 0 Å². The number of halogens is 1. The fourth-order valence-corrected chi connectivity index (χ4v) is 2.11. The molecule has 5 nitrogen and oxygen atoms in total. The molecule has 0 unspecified atom stereocenters. The minimum Gasteiger partial charge on any atom is -0.333 e. The third kappa shape index (κ3) is 1.70. The number of hydrogen-bond donors (Lipinski definition) is 3. The highest BCUT2D eigenvalue weighted by atomic mass is 79.9. The quantitative estimate of drug-likeness (QED) is 0.764. The van der Waals surface area contributed by atoms with E-state index in [4.69, 9.17) is 0 Å². The Bertz CT molecular complexity index is 557. The molecule has 2 aromatic heterocycles. The van der Waals surface area contributed by atoms with Crippen LogP contribution < -0.4 is 10.9 Å². The van der Waals surface area contributed by atoms with E-state index in [0.29, 0.717) is 23.4 Å². The lowest BCUT2D eigenvalue weighted by atomic mass is 10.2. The number of hydrogen-bond acceptors (Lipinski definition) is 3. The van der Waals surface area contributed by atoms with Crippen LogP contribution in [0.4, 0.5) is 0 Å². The normalized spacial score (nSPS) is 11.1. The average molecular weight is 271 g/mol. The molecule has 0 fully saturated rings. The van der Waals surface area contributed by atoms with Gasteiger partial charge in [0.1, 0.15) is 11.5 Å². The van der Waals surface area contributed by atoms with E-state index in [1.54, 1.807) is 6.92 Å². The molecule has 2 aromatic rings. The number of aromatic nitrogens is 3. The van der Waals surface area contributed by atoms with E-state index >= 15 is 0 Å². The van der Waals surface area contributed by atoms with Crippen LogP contribution in [0.25, 0.3) is 11.0 Å². The molecule has 0 atom stereocenters. The summed E-state index contributed by atoms with van der Waals surface area (Å²) in [5, 5.41) is 3.63. The first-order valence-corrected chi connectivity index (χ1v) is 5.34. The Morgan fingerprint density at radius 2 is 2.20 bits per heavy atom. The van der Waals surface area contributed by atoms with Crippen molar-refractivity contribution < 1.29 is 0 Å². The smallest absolute Gasteiger partial charge is 0.260 e. The Morgan fingerprint density at radius 1 is 1.47 bits per heavy atom. The third-order valence-corrected chi connectivity index (χ3v) is 2.86. The number of nitrogens with zero attached hydrogens (tertiary/aromatic N) is 1. The molecule has 0 radical (unpaired) electrons. The molecular formula is C9H11BrN4O. The SMILES string of the molecule is CNCc1c(Br)[nH]c2nc(C)[nH]c(=O)c12. The summed E-state index contributed by atoms with van der Waals surface area (Å²) < 4.78 is 0.801. The largest absolute Gasteiger partial charge is 0.333 e. The molecule has 6 heteroatoms. The minimum absolute atomic E-state index is 0.107. The van der Waals surface area contributed by atoms with Crippen molar-refractivity contribution in [3.05, 3.63) is 26.3 Å². The number of H-pyrrole nitrogens is 2. The van der Waals surface area contributed by atoms with Gasteiger partial charge in [0.2, 0.25) is 0 Å². The third-order valence-electron chi connectivity index (χ3n) is 2.19. The van der Waals surface area contributed by atoms with Gasteiger partial charge in [-0.1, -0.05) is 0 Å². The van der Waals surface area contributed by atoms with Crippen molar-refractivity contribution in [1.82, 2.24) is 20.3 Å². The number of aromatic amines is 2. The molecule has 2 heterocycles. The van der Waals surface area contributed by atoms with Crippen molar-refractivity contribution in [2.45, 2.75) is 13.5 Å². The summed E-state index contributed by atoms with van der Waals surface area (Å²) in [5.74, 6) is 0.609. The van der Waals surface area contributed by atoms with Crippen LogP contribution in [-0.2, 0) is 6.54 Å². The maximum absolute atomic E-state index is 11.7. The average Bonchev–Trinajstić information content (AvgIpc) is 2.43. The summed E-state index contributed by atoms with van der Waals surface area (Å²) in [6.45, 7) is 2.38. The van der Waals surface area contributed by atoms with Crippen molar-refractivity contribution in [2.24, 2.45) is 0 Å². The van der Waals surface area contributed by atoms with Crippen molar-refractivity contribution in [1.29, 1.82) is 0 Å². The van der Waals surface area contributed by atoms with Crippen LogP contribution in [0.1, 0.15) is 11.4 Å². The van der Waals surface area contributed by atoms with E-state index < -0.39 is 0 Å². The van der Waals surface area contributed by atoms with Crippen LogP contribution in [0.3, 0.4) is 0 Å². The monoisotopic (exact) mass is 270 g/mol. The lowest BCUT2D eigenvalue weighted by Gasteiger charge is -1.97. The van der Waals surface area contributed by atoms with Gasteiger partial charge in [0.25, 0.3) is 5.56 Å². The molecule has 0 bridgehead atoms. The van der Waals surface area contributed by atoms with Crippen molar-refractivity contribution in [3.8, 4) is 0 Å². The summed E-state index contributed by atoms with van der Waals surface area (Å²) >= 11 is 3.38. The fraction of sp³-hybridized carbons (Fsp3) is 0.333. The summed E-state index contributed by atoms with van der Waals surface area (Å²) in [6, 6.07) is 0. The fourth-order valence-electron chi connectivity index (χ4n) is 1.59. The van der Waals surface area contributed by atoms with Crippen LogP contribution in [0, 0.1) is 6.92 Å². The zero-order valence-electron chi connectivity index (χ0n) is 8.44. The van der Waals surface area contributed by atoms with Crippen molar-refractivity contribution in [2.75, 3.05) is 7.05 Å². The number of rotatable bonds is 2. The molecule has 0 saturated heterocycles. The van der Waals surface area contributed by atoms with Crippen molar-refractivity contribution >= 4 is 27.0 Å². The molecule has 80 valence electrons. The first-order chi connectivity index (χ1) is 7.13. The lowest BCUT2D eigenvalue weighted by molar-refractivity contribution is 0.818. The second-order valence-electron chi connectivity index (χ2n) is 3.32. The van der Waals surface area contributed by atoms with E-state index in [9.17, 15) is 4.79 Å². The van der Waals surface area contributed by atoms with Crippen molar-refractivity contribution in [3.63, 3.8) is 0 Å². The first-order valence-electron chi connectivity index (χ1n) is 4.55. The highest BCUT2D eigenvalue weighted by Crippen LogP contribution is 2.22. The van der Waals surface area contributed by atoms with E-state index in [2.05, 4.69) is 36.2 Å². The van der Waals surface area contributed by atoms with E-state index in [0.717, 1.165) is 10.2 Å². The molecule has 0 aliphatic rings. The lowest BCUT2D eigenvalue weighted by Crippen LogP contribution is -2.12. The van der Waals surface area contributed by atoms with E-state index in [-0.39, 0.29) is 5.56 Å². The van der Waals surface area contributed by atoms with Gasteiger partial charge in [-0.25, -0.2) is 4.98 Å². The minimum atomic E-state index is -0.107. The van der Waals surface area contributed by atoms with Gasteiger partial charge in [0, 0.05) is 12.1 Å². The first kappa shape index (κ1) is 10.4. The molecule has 0 amide bonds. The molecular weight excluding hydrogens is 260 g/mol. The number of nitrogens with one attached hydrogen (secondary N) is 3. The summed E-state index contributed by atoms with van der Waals surface area (Å²) in [5.41, 5.74) is 1.42. The molecule has 0 aromatic carbocycles. The summed E-state index contributed by atoms with van der Waals surface area (Å²) in [7, 11) is 1.83. The van der Waals surface area contributed by atoms with Crippen LogP contribution in [0.5, 0.6) is 0 Å². The maximum Gasteiger partial charge on any atom is 0.260 e. The second-order valence-corrected chi connectivity index (χ2v) is 4.12. The standard InChI is InChI=1S/C9H11BrN4O/c1-4-12-8-6(9(15)13-4)5(3-11-2)7(10)14-8/h11H,3H2,1-2H3,(H2,12,13,14,15). The molecule has 0 aliphatic heterocycles. The molecule has 0 spiro atoms. The van der Waals surface area contributed by atoms with Crippen LogP contribution in [0.15, 0.2) is 9.40 Å².